The smallest absolute Gasteiger partial charge is 0.0465 e. The van der Waals surface area contributed by atoms with E-state index in [0.29, 0.717) is 11.3 Å². The normalized spacial score (nSPS) is 13.7. The molecule has 0 aromatic heterocycles. The van der Waals surface area contributed by atoms with Crippen molar-refractivity contribution in [3.63, 3.8) is 0 Å². The second-order valence-electron chi connectivity index (χ2n) is 5.93. The Morgan fingerprint density at radius 2 is 1.71 bits per heavy atom. The van der Waals surface area contributed by atoms with Crippen LogP contribution in [0.4, 0.5) is 0 Å². The van der Waals surface area contributed by atoms with Crippen molar-refractivity contribution < 1.29 is 4.74 Å². The van der Waals surface area contributed by atoms with Crippen LogP contribution in [0.1, 0.15) is 51.2 Å². The highest BCUT2D eigenvalue weighted by atomic mass is 16.5. The lowest BCUT2D eigenvalue weighted by Crippen LogP contribution is -2.15. The van der Waals surface area contributed by atoms with Gasteiger partial charge in [0.25, 0.3) is 0 Å². The molecule has 1 nitrogen and oxygen atoms in total. The Balaban J connectivity index is 2.61. The molecule has 0 aliphatic heterocycles. The zero-order valence-electron chi connectivity index (χ0n) is 11.9. The minimum absolute atomic E-state index is 0.331. The third kappa shape index (κ3) is 4.51. The molecule has 96 valence electrons. The van der Waals surface area contributed by atoms with Crippen molar-refractivity contribution in [2.75, 3.05) is 13.7 Å². The van der Waals surface area contributed by atoms with Gasteiger partial charge in [0.2, 0.25) is 0 Å². The van der Waals surface area contributed by atoms with Gasteiger partial charge in [-0.05, 0) is 35.3 Å². The number of benzene rings is 1. The predicted molar refractivity (Wildman–Crippen MR) is 74.5 cm³/mol. The Hall–Kier alpha value is -0.820. The largest absolute Gasteiger partial charge is 0.385 e. The van der Waals surface area contributed by atoms with Crippen LogP contribution in [0.2, 0.25) is 0 Å². The first-order chi connectivity index (χ1) is 7.95. The van der Waals surface area contributed by atoms with Crippen molar-refractivity contribution in [2.45, 2.75) is 46.5 Å². The SMILES string of the molecule is COCCCc1ccc(C(C)C(C)(C)C)cc1. The fraction of sp³-hybridized carbons (Fsp3) is 0.625. The van der Waals surface area contributed by atoms with Gasteiger partial charge < -0.3 is 4.74 Å². The van der Waals surface area contributed by atoms with E-state index < -0.39 is 0 Å². The van der Waals surface area contributed by atoms with Crippen LogP contribution in [-0.2, 0) is 11.2 Å². The average Bonchev–Trinajstić information content (AvgIpc) is 2.28. The molecule has 0 saturated heterocycles. The van der Waals surface area contributed by atoms with E-state index in [0.717, 1.165) is 19.4 Å². The third-order valence-electron chi connectivity index (χ3n) is 3.59. The van der Waals surface area contributed by atoms with E-state index in [4.69, 9.17) is 4.74 Å². The fourth-order valence-corrected chi connectivity index (χ4v) is 1.89. The van der Waals surface area contributed by atoms with Gasteiger partial charge in [-0.25, -0.2) is 0 Å². The van der Waals surface area contributed by atoms with Crippen LogP contribution in [0.3, 0.4) is 0 Å². The van der Waals surface area contributed by atoms with Gasteiger partial charge in [0, 0.05) is 13.7 Å². The Bertz CT molecular complexity index is 318. The quantitative estimate of drug-likeness (QED) is 0.685. The highest BCUT2D eigenvalue weighted by Gasteiger charge is 2.21. The van der Waals surface area contributed by atoms with Crippen LogP contribution < -0.4 is 0 Å². The maximum atomic E-state index is 5.07. The van der Waals surface area contributed by atoms with Crippen LogP contribution in [0.5, 0.6) is 0 Å². The van der Waals surface area contributed by atoms with Crippen LogP contribution in [0.15, 0.2) is 24.3 Å². The summed E-state index contributed by atoms with van der Waals surface area (Å²) in [4.78, 5) is 0. The molecule has 0 radical (unpaired) electrons. The molecule has 0 fully saturated rings. The van der Waals surface area contributed by atoms with E-state index in [1.54, 1.807) is 7.11 Å². The first-order valence-electron chi connectivity index (χ1n) is 6.53. The van der Waals surface area contributed by atoms with Crippen LogP contribution in [0, 0.1) is 5.41 Å². The fourth-order valence-electron chi connectivity index (χ4n) is 1.89. The Labute approximate surface area is 106 Å². The molecular formula is C16H26O. The Kier molecular flexibility index (Phi) is 5.20. The lowest BCUT2D eigenvalue weighted by Gasteiger charge is -2.27. The zero-order valence-corrected chi connectivity index (χ0v) is 11.9. The second kappa shape index (κ2) is 6.20. The van der Waals surface area contributed by atoms with Crippen LogP contribution >= 0.6 is 0 Å². The molecule has 1 heteroatoms. The van der Waals surface area contributed by atoms with Gasteiger partial charge in [-0.15, -0.1) is 0 Å². The Morgan fingerprint density at radius 3 is 2.18 bits per heavy atom. The van der Waals surface area contributed by atoms with E-state index in [1.807, 2.05) is 0 Å². The molecule has 0 saturated carbocycles. The first-order valence-corrected chi connectivity index (χ1v) is 6.53. The van der Waals surface area contributed by atoms with Crippen molar-refractivity contribution in [2.24, 2.45) is 5.41 Å². The summed E-state index contributed by atoms with van der Waals surface area (Å²) in [6, 6.07) is 9.07. The summed E-state index contributed by atoms with van der Waals surface area (Å²) in [5, 5.41) is 0. The van der Waals surface area contributed by atoms with E-state index in [2.05, 4.69) is 52.0 Å². The van der Waals surface area contributed by atoms with E-state index in [9.17, 15) is 0 Å². The average molecular weight is 234 g/mol. The van der Waals surface area contributed by atoms with Gasteiger partial charge in [-0.2, -0.15) is 0 Å². The van der Waals surface area contributed by atoms with Gasteiger partial charge in [0.15, 0.2) is 0 Å². The first kappa shape index (κ1) is 14.2. The van der Waals surface area contributed by atoms with Crippen molar-refractivity contribution in [3.05, 3.63) is 35.4 Å². The molecule has 0 aliphatic carbocycles. The molecule has 0 heterocycles. The highest BCUT2D eigenvalue weighted by Crippen LogP contribution is 2.34. The predicted octanol–water partition coefficient (Wildman–Crippen LogP) is 4.42. The maximum absolute atomic E-state index is 5.07. The molecule has 0 bridgehead atoms. The van der Waals surface area contributed by atoms with Gasteiger partial charge >= 0.3 is 0 Å². The summed E-state index contributed by atoms with van der Waals surface area (Å²) in [5.74, 6) is 0.593. The number of aryl methyl sites for hydroxylation is 1. The molecule has 1 atom stereocenters. The number of methoxy groups -OCH3 is 1. The molecule has 0 amide bonds. The van der Waals surface area contributed by atoms with E-state index in [1.165, 1.54) is 11.1 Å². The molecule has 0 spiro atoms. The van der Waals surface area contributed by atoms with Crippen molar-refractivity contribution in [1.82, 2.24) is 0 Å². The van der Waals surface area contributed by atoms with E-state index in [-0.39, 0.29) is 0 Å². The second-order valence-corrected chi connectivity index (χ2v) is 5.93. The summed E-state index contributed by atoms with van der Waals surface area (Å²) in [7, 11) is 1.76. The standard InChI is InChI=1S/C16H26O/c1-13(16(2,3)4)15-10-8-14(9-11-15)7-6-12-17-5/h8-11,13H,6-7,12H2,1-5H3. The van der Waals surface area contributed by atoms with Gasteiger partial charge in [-0.1, -0.05) is 52.0 Å². The van der Waals surface area contributed by atoms with Gasteiger partial charge in [0.05, 0.1) is 0 Å². The maximum Gasteiger partial charge on any atom is 0.0465 e. The minimum atomic E-state index is 0.331. The molecule has 0 aliphatic rings. The Morgan fingerprint density at radius 1 is 1.12 bits per heavy atom. The topological polar surface area (TPSA) is 9.23 Å². The zero-order chi connectivity index (χ0) is 12.9. The summed E-state index contributed by atoms with van der Waals surface area (Å²) < 4.78 is 5.07. The molecule has 1 unspecified atom stereocenters. The van der Waals surface area contributed by atoms with Gasteiger partial charge in [-0.3, -0.25) is 0 Å². The molecular weight excluding hydrogens is 208 g/mol. The monoisotopic (exact) mass is 234 g/mol. The molecule has 0 N–H and O–H groups in total. The molecule has 1 aromatic carbocycles. The molecule has 1 aromatic rings. The summed E-state index contributed by atoms with van der Waals surface area (Å²) in [6.45, 7) is 10.0. The lowest BCUT2D eigenvalue weighted by atomic mass is 9.78. The molecule has 1 rings (SSSR count). The van der Waals surface area contributed by atoms with Crippen molar-refractivity contribution >= 4 is 0 Å². The summed E-state index contributed by atoms with van der Waals surface area (Å²) >= 11 is 0. The molecule has 17 heavy (non-hydrogen) atoms. The number of hydrogen-bond acceptors (Lipinski definition) is 1. The lowest BCUT2D eigenvalue weighted by molar-refractivity contribution is 0.195. The number of hydrogen-bond donors (Lipinski definition) is 0. The van der Waals surface area contributed by atoms with Crippen molar-refractivity contribution in [1.29, 1.82) is 0 Å². The summed E-state index contributed by atoms with van der Waals surface area (Å²) in [6.07, 6.45) is 2.21. The van der Waals surface area contributed by atoms with Crippen LogP contribution in [0.25, 0.3) is 0 Å². The van der Waals surface area contributed by atoms with Gasteiger partial charge in [0.1, 0.15) is 0 Å². The highest BCUT2D eigenvalue weighted by molar-refractivity contribution is 5.26. The van der Waals surface area contributed by atoms with E-state index >= 15 is 0 Å². The van der Waals surface area contributed by atoms with Crippen molar-refractivity contribution in [3.8, 4) is 0 Å². The summed E-state index contributed by atoms with van der Waals surface area (Å²) in [5.41, 5.74) is 3.18. The van der Waals surface area contributed by atoms with Crippen LogP contribution in [-0.4, -0.2) is 13.7 Å². The minimum Gasteiger partial charge on any atom is -0.385 e. The third-order valence-corrected chi connectivity index (χ3v) is 3.59. The number of rotatable bonds is 5. The number of ether oxygens (including phenoxy) is 1.